The summed E-state index contributed by atoms with van der Waals surface area (Å²) in [5.41, 5.74) is 1.51. The standard InChI is InChI=1S/C11H19N3O2/c1-7-9(8(2)16-14-7)6-12-10(15)13-11(3,4)5/h6H2,1-5H3,(H2,12,13,15). The first kappa shape index (κ1) is 12.5. The molecule has 0 aromatic carbocycles. The van der Waals surface area contributed by atoms with Gasteiger partial charge in [-0.3, -0.25) is 0 Å². The van der Waals surface area contributed by atoms with Crippen molar-refractivity contribution in [1.29, 1.82) is 0 Å². The second-order valence-corrected chi connectivity index (χ2v) is 4.86. The van der Waals surface area contributed by atoms with Gasteiger partial charge < -0.3 is 15.2 Å². The molecule has 1 aromatic rings. The van der Waals surface area contributed by atoms with Crippen LogP contribution in [0.15, 0.2) is 4.52 Å². The maximum absolute atomic E-state index is 11.5. The molecule has 0 fully saturated rings. The Balaban J connectivity index is 2.50. The number of nitrogens with zero attached hydrogens (tertiary/aromatic N) is 1. The number of hydrogen-bond acceptors (Lipinski definition) is 3. The Morgan fingerprint density at radius 3 is 2.44 bits per heavy atom. The Kier molecular flexibility index (Phi) is 3.57. The Hall–Kier alpha value is -1.52. The van der Waals surface area contributed by atoms with Gasteiger partial charge in [-0.2, -0.15) is 0 Å². The number of urea groups is 1. The molecule has 0 atom stereocenters. The number of rotatable bonds is 2. The summed E-state index contributed by atoms with van der Waals surface area (Å²) in [4.78, 5) is 11.5. The van der Waals surface area contributed by atoms with Gasteiger partial charge in [0.25, 0.3) is 0 Å². The molecule has 1 aromatic heterocycles. The summed E-state index contributed by atoms with van der Waals surface area (Å²) in [5.74, 6) is 0.744. The van der Waals surface area contributed by atoms with E-state index in [2.05, 4.69) is 15.8 Å². The number of aromatic nitrogens is 1. The monoisotopic (exact) mass is 225 g/mol. The molecule has 16 heavy (non-hydrogen) atoms. The number of aryl methyl sites for hydroxylation is 2. The van der Waals surface area contributed by atoms with Gasteiger partial charge in [-0.25, -0.2) is 4.79 Å². The van der Waals surface area contributed by atoms with Crippen LogP contribution in [0.25, 0.3) is 0 Å². The van der Waals surface area contributed by atoms with Crippen LogP contribution >= 0.6 is 0 Å². The van der Waals surface area contributed by atoms with Crippen LogP contribution < -0.4 is 10.6 Å². The summed E-state index contributed by atoms with van der Waals surface area (Å²) >= 11 is 0. The van der Waals surface area contributed by atoms with Crippen LogP contribution in [0.5, 0.6) is 0 Å². The van der Waals surface area contributed by atoms with E-state index in [1.807, 2.05) is 34.6 Å². The normalized spacial score (nSPS) is 11.3. The molecule has 5 nitrogen and oxygen atoms in total. The molecule has 0 aliphatic carbocycles. The molecular weight excluding hydrogens is 206 g/mol. The number of amides is 2. The topological polar surface area (TPSA) is 67.2 Å². The van der Waals surface area contributed by atoms with Gasteiger partial charge in [0.05, 0.1) is 5.69 Å². The Bertz CT molecular complexity index is 358. The number of carbonyl (C=O) groups excluding carboxylic acids is 1. The summed E-state index contributed by atoms with van der Waals surface area (Å²) in [7, 11) is 0. The van der Waals surface area contributed by atoms with Crippen molar-refractivity contribution in [2.75, 3.05) is 0 Å². The van der Waals surface area contributed by atoms with E-state index in [0.717, 1.165) is 17.0 Å². The van der Waals surface area contributed by atoms with E-state index >= 15 is 0 Å². The lowest BCUT2D eigenvalue weighted by molar-refractivity contribution is 0.231. The van der Waals surface area contributed by atoms with Crippen LogP contribution in [0.3, 0.4) is 0 Å². The molecule has 1 heterocycles. The maximum atomic E-state index is 11.5. The van der Waals surface area contributed by atoms with Crippen molar-refractivity contribution < 1.29 is 9.32 Å². The second-order valence-electron chi connectivity index (χ2n) is 4.86. The molecule has 0 saturated heterocycles. The lowest BCUT2D eigenvalue weighted by Crippen LogP contribution is -2.46. The highest BCUT2D eigenvalue weighted by Crippen LogP contribution is 2.11. The van der Waals surface area contributed by atoms with Crippen molar-refractivity contribution in [3.63, 3.8) is 0 Å². The average Bonchev–Trinajstić information content (AvgIpc) is 2.41. The van der Waals surface area contributed by atoms with E-state index in [0.29, 0.717) is 6.54 Å². The fourth-order valence-corrected chi connectivity index (χ4v) is 1.31. The highest BCUT2D eigenvalue weighted by molar-refractivity contribution is 5.74. The fourth-order valence-electron chi connectivity index (χ4n) is 1.31. The zero-order chi connectivity index (χ0) is 12.3. The van der Waals surface area contributed by atoms with Gasteiger partial charge in [0, 0.05) is 17.6 Å². The molecule has 90 valence electrons. The van der Waals surface area contributed by atoms with Crippen LogP contribution in [-0.2, 0) is 6.54 Å². The zero-order valence-electron chi connectivity index (χ0n) is 10.5. The third-order valence-corrected chi connectivity index (χ3v) is 2.10. The molecule has 0 unspecified atom stereocenters. The molecule has 0 saturated carbocycles. The molecule has 0 aliphatic heterocycles. The highest BCUT2D eigenvalue weighted by Gasteiger charge is 2.14. The van der Waals surface area contributed by atoms with Crippen molar-refractivity contribution in [2.24, 2.45) is 0 Å². The smallest absolute Gasteiger partial charge is 0.315 e. The predicted molar refractivity (Wildman–Crippen MR) is 61.1 cm³/mol. The molecule has 0 radical (unpaired) electrons. The first-order valence-electron chi connectivity index (χ1n) is 5.27. The van der Waals surface area contributed by atoms with Crippen LogP contribution in [0.2, 0.25) is 0 Å². The molecule has 2 amide bonds. The minimum Gasteiger partial charge on any atom is -0.361 e. The number of carbonyl (C=O) groups is 1. The summed E-state index contributed by atoms with van der Waals surface area (Å²) < 4.78 is 5.01. The fraction of sp³-hybridized carbons (Fsp3) is 0.636. The number of nitrogens with one attached hydrogen (secondary N) is 2. The van der Waals surface area contributed by atoms with E-state index in [9.17, 15) is 4.79 Å². The van der Waals surface area contributed by atoms with Crippen LogP contribution in [0.1, 0.15) is 37.8 Å². The molecular formula is C11H19N3O2. The first-order valence-corrected chi connectivity index (χ1v) is 5.27. The highest BCUT2D eigenvalue weighted by atomic mass is 16.5. The van der Waals surface area contributed by atoms with Crippen molar-refractivity contribution >= 4 is 6.03 Å². The van der Waals surface area contributed by atoms with E-state index in [4.69, 9.17) is 4.52 Å². The first-order chi connectivity index (χ1) is 7.29. The van der Waals surface area contributed by atoms with Crippen LogP contribution in [0.4, 0.5) is 4.79 Å². The quantitative estimate of drug-likeness (QED) is 0.807. The van der Waals surface area contributed by atoms with Gasteiger partial charge in [-0.15, -0.1) is 0 Å². The van der Waals surface area contributed by atoms with Crippen LogP contribution in [0, 0.1) is 13.8 Å². The molecule has 2 N–H and O–H groups in total. The summed E-state index contributed by atoms with van der Waals surface area (Å²) in [6, 6.07) is -0.187. The van der Waals surface area contributed by atoms with E-state index in [-0.39, 0.29) is 11.6 Å². The molecule has 5 heteroatoms. The largest absolute Gasteiger partial charge is 0.361 e. The third-order valence-electron chi connectivity index (χ3n) is 2.10. The van der Waals surface area contributed by atoms with Crippen molar-refractivity contribution in [1.82, 2.24) is 15.8 Å². The lowest BCUT2D eigenvalue weighted by Gasteiger charge is -2.20. The van der Waals surface area contributed by atoms with Gasteiger partial charge in [-0.1, -0.05) is 5.16 Å². The van der Waals surface area contributed by atoms with Crippen LogP contribution in [-0.4, -0.2) is 16.7 Å². The Morgan fingerprint density at radius 1 is 1.38 bits per heavy atom. The lowest BCUT2D eigenvalue weighted by atomic mass is 10.1. The molecule has 0 aliphatic rings. The summed E-state index contributed by atoms with van der Waals surface area (Å²) in [6.07, 6.45) is 0. The zero-order valence-corrected chi connectivity index (χ0v) is 10.5. The van der Waals surface area contributed by atoms with Gasteiger partial charge in [0.1, 0.15) is 5.76 Å². The van der Waals surface area contributed by atoms with E-state index in [1.165, 1.54) is 0 Å². The van der Waals surface area contributed by atoms with Gasteiger partial charge in [-0.05, 0) is 34.6 Å². The molecule has 1 rings (SSSR count). The Morgan fingerprint density at radius 2 is 2.00 bits per heavy atom. The average molecular weight is 225 g/mol. The number of hydrogen-bond donors (Lipinski definition) is 2. The maximum Gasteiger partial charge on any atom is 0.315 e. The molecule has 0 spiro atoms. The van der Waals surface area contributed by atoms with Crippen molar-refractivity contribution in [3.05, 3.63) is 17.0 Å². The SMILES string of the molecule is Cc1noc(C)c1CNC(=O)NC(C)(C)C. The third kappa shape index (κ3) is 3.56. The van der Waals surface area contributed by atoms with Gasteiger partial charge in [0.15, 0.2) is 0 Å². The predicted octanol–water partition coefficient (Wildman–Crippen LogP) is 1.89. The van der Waals surface area contributed by atoms with Gasteiger partial charge in [0.2, 0.25) is 0 Å². The second kappa shape index (κ2) is 4.55. The minimum absolute atomic E-state index is 0.187. The Labute approximate surface area is 95.6 Å². The van der Waals surface area contributed by atoms with Crippen molar-refractivity contribution in [3.8, 4) is 0 Å². The molecule has 0 bridgehead atoms. The van der Waals surface area contributed by atoms with Crippen molar-refractivity contribution in [2.45, 2.75) is 46.7 Å². The minimum atomic E-state index is -0.233. The van der Waals surface area contributed by atoms with Gasteiger partial charge >= 0.3 is 6.03 Å². The van der Waals surface area contributed by atoms with E-state index < -0.39 is 0 Å². The summed E-state index contributed by atoms with van der Waals surface area (Å²) in [5, 5.41) is 9.41. The summed E-state index contributed by atoms with van der Waals surface area (Å²) in [6.45, 7) is 9.92. The van der Waals surface area contributed by atoms with E-state index in [1.54, 1.807) is 0 Å².